The standard InChI is InChI=1S/C26H28ClN5S/c1-30(15-7-16-31-17-13-19-8-3-4-9-20(19)18-31)23-12-14-28-25(24(23)27)26-29-21-10-5-6-11-22(21)32(26)33-2/h3-6,8-12,14H,7,13,15-18H2,1-2H3. The number of para-hydroxylation sites is 2. The molecule has 0 N–H and O–H groups in total. The lowest BCUT2D eigenvalue weighted by molar-refractivity contribution is 0.252. The Balaban J connectivity index is 1.29. The van der Waals surface area contributed by atoms with Crippen molar-refractivity contribution in [2.45, 2.75) is 19.4 Å². The molecule has 0 aliphatic carbocycles. The minimum absolute atomic E-state index is 0.650. The van der Waals surface area contributed by atoms with Crippen LogP contribution in [0.25, 0.3) is 22.6 Å². The quantitative estimate of drug-likeness (QED) is 0.338. The molecule has 2 aromatic carbocycles. The van der Waals surface area contributed by atoms with E-state index in [4.69, 9.17) is 16.6 Å². The molecule has 33 heavy (non-hydrogen) atoms. The van der Waals surface area contributed by atoms with Crippen LogP contribution in [0.2, 0.25) is 5.02 Å². The molecular formula is C26H28ClN5S. The Morgan fingerprint density at radius 2 is 1.85 bits per heavy atom. The summed E-state index contributed by atoms with van der Waals surface area (Å²) in [5, 5.41) is 0.650. The molecule has 0 saturated heterocycles. The van der Waals surface area contributed by atoms with E-state index in [0.29, 0.717) is 5.02 Å². The first-order chi connectivity index (χ1) is 16.2. The molecule has 7 heteroatoms. The van der Waals surface area contributed by atoms with Gasteiger partial charge in [0.25, 0.3) is 0 Å². The third kappa shape index (κ3) is 4.47. The largest absolute Gasteiger partial charge is 0.373 e. The van der Waals surface area contributed by atoms with Crippen LogP contribution in [0.3, 0.4) is 0 Å². The van der Waals surface area contributed by atoms with Crippen molar-refractivity contribution in [1.29, 1.82) is 0 Å². The molecule has 5 rings (SSSR count). The predicted molar refractivity (Wildman–Crippen MR) is 140 cm³/mol. The molecule has 0 atom stereocenters. The van der Waals surface area contributed by atoms with Crippen molar-refractivity contribution in [3.8, 4) is 11.5 Å². The van der Waals surface area contributed by atoms with Gasteiger partial charge in [-0.3, -0.25) is 13.9 Å². The van der Waals surface area contributed by atoms with Crippen molar-refractivity contribution in [2.75, 3.05) is 37.8 Å². The summed E-state index contributed by atoms with van der Waals surface area (Å²) in [5.41, 5.74) is 6.69. The predicted octanol–water partition coefficient (Wildman–Crippen LogP) is 5.76. The number of pyridine rings is 1. The molecule has 2 aromatic heterocycles. The molecule has 3 heterocycles. The van der Waals surface area contributed by atoms with Gasteiger partial charge in [-0.05, 0) is 54.1 Å². The monoisotopic (exact) mass is 477 g/mol. The van der Waals surface area contributed by atoms with E-state index in [9.17, 15) is 0 Å². The smallest absolute Gasteiger partial charge is 0.171 e. The summed E-state index contributed by atoms with van der Waals surface area (Å²) >= 11 is 8.51. The van der Waals surface area contributed by atoms with Gasteiger partial charge >= 0.3 is 0 Å². The summed E-state index contributed by atoms with van der Waals surface area (Å²) in [6.07, 6.45) is 6.09. The fourth-order valence-corrected chi connectivity index (χ4v) is 5.61. The van der Waals surface area contributed by atoms with Crippen molar-refractivity contribution < 1.29 is 0 Å². The van der Waals surface area contributed by atoms with E-state index in [2.05, 4.69) is 56.1 Å². The van der Waals surface area contributed by atoms with E-state index >= 15 is 0 Å². The Hall–Kier alpha value is -2.54. The van der Waals surface area contributed by atoms with Gasteiger partial charge in [-0.15, -0.1) is 0 Å². The molecule has 0 radical (unpaired) electrons. The van der Waals surface area contributed by atoms with Gasteiger partial charge in [-0.2, -0.15) is 0 Å². The highest BCUT2D eigenvalue weighted by Crippen LogP contribution is 2.36. The molecule has 0 spiro atoms. The van der Waals surface area contributed by atoms with E-state index in [-0.39, 0.29) is 0 Å². The zero-order valence-corrected chi connectivity index (χ0v) is 20.6. The Morgan fingerprint density at radius 3 is 2.70 bits per heavy atom. The van der Waals surface area contributed by atoms with Gasteiger partial charge in [0, 0.05) is 45.7 Å². The SMILES string of the molecule is CSn1c(-c2nccc(N(C)CCCN3CCc4ccccc4C3)c2Cl)nc2ccccc21. The van der Waals surface area contributed by atoms with E-state index < -0.39 is 0 Å². The molecule has 0 bridgehead atoms. The van der Waals surface area contributed by atoms with E-state index in [1.54, 1.807) is 11.9 Å². The second-order valence-electron chi connectivity index (χ2n) is 8.46. The first-order valence-corrected chi connectivity index (χ1v) is 12.9. The zero-order chi connectivity index (χ0) is 22.8. The van der Waals surface area contributed by atoms with Crippen LogP contribution in [-0.2, 0) is 13.0 Å². The molecular weight excluding hydrogens is 450 g/mol. The van der Waals surface area contributed by atoms with Crippen LogP contribution < -0.4 is 4.90 Å². The topological polar surface area (TPSA) is 37.2 Å². The van der Waals surface area contributed by atoms with Crippen LogP contribution in [0.15, 0.2) is 60.8 Å². The van der Waals surface area contributed by atoms with Crippen molar-refractivity contribution in [1.82, 2.24) is 18.8 Å². The molecule has 1 aliphatic heterocycles. The van der Waals surface area contributed by atoms with Crippen LogP contribution in [0.5, 0.6) is 0 Å². The second kappa shape index (κ2) is 9.75. The fraction of sp³-hybridized carbons (Fsp3) is 0.308. The summed E-state index contributed by atoms with van der Waals surface area (Å²) in [7, 11) is 2.11. The molecule has 0 fully saturated rings. The number of halogens is 1. The summed E-state index contributed by atoms with van der Waals surface area (Å²) in [6, 6.07) is 18.9. The highest BCUT2D eigenvalue weighted by atomic mass is 35.5. The number of anilines is 1. The van der Waals surface area contributed by atoms with Crippen molar-refractivity contribution in [2.24, 2.45) is 0 Å². The molecule has 170 valence electrons. The molecule has 4 aromatic rings. The number of hydrogen-bond donors (Lipinski definition) is 0. The van der Waals surface area contributed by atoms with Gasteiger partial charge in [0.15, 0.2) is 5.82 Å². The zero-order valence-electron chi connectivity index (χ0n) is 19.0. The number of benzene rings is 2. The number of rotatable bonds is 7. The lowest BCUT2D eigenvalue weighted by Crippen LogP contribution is -2.33. The fourth-order valence-electron chi connectivity index (χ4n) is 4.62. The van der Waals surface area contributed by atoms with Gasteiger partial charge < -0.3 is 4.90 Å². The number of hydrogen-bond acceptors (Lipinski definition) is 5. The molecule has 5 nitrogen and oxygen atoms in total. The molecule has 1 aliphatic rings. The van der Waals surface area contributed by atoms with Crippen LogP contribution in [0.4, 0.5) is 5.69 Å². The molecule has 0 amide bonds. The minimum Gasteiger partial charge on any atom is -0.373 e. The van der Waals surface area contributed by atoms with Crippen molar-refractivity contribution in [3.63, 3.8) is 0 Å². The average Bonchev–Trinajstić information content (AvgIpc) is 3.22. The van der Waals surface area contributed by atoms with Gasteiger partial charge in [0.1, 0.15) is 5.69 Å². The van der Waals surface area contributed by atoms with Gasteiger partial charge in [0.2, 0.25) is 0 Å². The summed E-state index contributed by atoms with van der Waals surface area (Å²) < 4.78 is 2.10. The van der Waals surface area contributed by atoms with E-state index in [1.807, 2.05) is 36.7 Å². The third-order valence-electron chi connectivity index (χ3n) is 6.37. The summed E-state index contributed by atoms with van der Waals surface area (Å²) in [4.78, 5) is 14.2. The maximum Gasteiger partial charge on any atom is 0.171 e. The summed E-state index contributed by atoms with van der Waals surface area (Å²) in [5.74, 6) is 0.788. The maximum atomic E-state index is 6.90. The highest BCUT2D eigenvalue weighted by molar-refractivity contribution is 7.97. The average molecular weight is 478 g/mol. The van der Waals surface area contributed by atoms with Crippen molar-refractivity contribution in [3.05, 3.63) is 76.9 Å². The summed E-state index contributed by atoms with van der Waals surface area (Å²) in [6.45, 7) is 4.19. The van der Waals surface area contributed by atoms with E-state index in [0.717, 1.165) is 67.3 Å². The lowest BCUT2D eigenvalue weighted by Gasteiger charge is -2.29. The third-order valence-corrected chi connectivity index (χ3v) is 7.48. The van der Waals surface area contributed by atoms with Crippen LogP contribution in [0, 0.1) is 0 Å². The van der Waals surface area contributed by atoms with Crippen LogP contribution in [-0.4, -0.2) is 51.8 Å². The second-order valence-corrected chi connectivity index (χ2v) is 9.57. The van der Waals surface area contributed by atoms with Gasteiger partial charge in [-0.1, -0.05) is 48.0 Å². The Bertz CT molecular complexity index is 1270. The normalized spacial score (nSPS) is 13.9. The Labute approximate surface area is 204 Å². The van der Waals surface area contributed by atoms with Crippen LogP contribution >= 0.6 is 23.5 Å². The number of aromatic nitrogens is 3. The first-order valence-electron chi connectivity index (χ1n) is 11.3. The molecule has 0 unspecified atom stereocenters. The Kier molecular flexibility index (Phi) is 6.58. The number of fused-ring (bicyclic) bond motifs is 2. The lowest BCUT2D eigenvalue weighted by atomic mass is 10.00. The van der Waals surface area contributed by atoms with Crippen LogP contribution in [0.1, 0.15) is 17.5 Å². The Morgan fingerprint density at radius 1 is 1.06 bits per heavy atom. The molecule has 0 saturated carbocycles. The highest BCUT2D eigenvalue weighted by Gasteiger charge is 2.20. The van der Waals surface area contributed by atoms with Gasteiger partial charge in [-0.25, -0.2) is 4.98 Å². The van der Waals surface area contributed by atoms with Crippen molar-refractivity contribution >= 4 is 40.3 Å². The maximum absolute atomic E-state index is 6.90. The van der Waals surface area contributed by atoms with Gasteiger partial charge in [0.05, 0.1) is 21.7 Å². The first kappa shape index (κ1) is 22.3. The number of nitrogens with zero attached hydrogens (tertiary/aromatic N) is 5. The number of imidazole rings is 1. The minimum atomic E-state index is 0.650. The van der Waals surface area contributed by atoms with E-state index in [1.165, 1.54) is 11.1 Å².